The molecule has 18 heavy (non-hydrogen) atoms. The van der Waals surface area contributed by atoms with Gasteiger partial charge in [0.2, 0.25) is 10.0 Å². The second kappa shape index (κ2) is 6.82. The zero-order chi connectivity index (χ0) is 13.6. The van der Waals surface area contributed by atoms with E-state index in [-0.39, 0.29) is 17.7 Å². The van der Waals surface area contributed by atoms with E-state index < -0.39 is 10.0 Å². The van der Waals surface area contributed by atoms with Crippen LogP contribution in [0.15, 0.2) is 24.5 Å². The first-order valence-electron chi connectivity index (χ1n) is 6.03. The molecule has 0 amide bonds. The Morgan fingerprint density at radius 2 is 1.94 bits per heavy atom. The summed E-state index contributed by atoms with van der Waals surface area (Å²) in [5, 5.41) is 0. The third-order valence-electron chi connectivity index (χ3n) is 2.80. The van der Waals surface area contributed by atoms with Crippen molar-refractivity contribution in [1.29, 1.82) is 0 Å². The summed E-state index contributed by atoms with van der Waals surface area (Å²) >= 11 is 0. The van der Waals surface area contributed by atoms with Crippen LogP contribution in [0.3, 0.4) is 0 Å². The van der Waals surface area contributed by atoms with Gasteiger partial charge in [0.25, 0.3) is 0 Å². The van der Waals surface area contributed by atoms with E-state index in [4.69, 9.17) is 5.73 Å². The standard InChI is InChI=1S/C12H21N3O2S/c1-10(2)12(9-13)15-18(16,17)8-5-11-3-6-14-7-4-11/h3-4,6-7,10,12,15H,5,8-9,13H2,1-2H3. The Kier molecular flexibility index (Phi) is 5.71. The number of hydrogen-bond donors (Lipinski definition) is 2. The number of hydrogen-bond acceptors (Lipinski definition) is 4. The molecule has 1 atom stereocenters. The van der Waals surface area contributed by atoms with Gasteiger partial charge in [-0.3, -0.25) is 4.98 Å². The molecule has 0 aliphatic rings. The first kappa shape index (κ1) is 15.1. The summed E-state index contributed by atoms with van der Waals surface area (Å²) in [6.07, 6.45) is 3.80. The number of sulfonamides is 1. The van der Waals surface area contributed by atoms with Gasteiger partial charge in [0.1, 0.15) is 0 Å². The Morgan fingerprint density at radius 1 is 1.33 bits per heavy atom. The van der Waals surface area contributed by atoms with Crippen LogP contribution in [0.1, 0.15) is 19.4 Å². The second-order valence-electron chi connectivity index (χ2n) is 4.63. The molecule has 0 fully saturated rings. The van der Waals surface area contributed by atoms with Gasteiger partial charge >= 0.3 is 0 Å². The molecule has 0 aliphatic carbocycles. The predicted octanol–water partition coefficient (Wildman–Crippen LogP) is 0.527. The van der Waals surface area contributed by atoms with Crippen molar-refractivity contribution in [3.63, 3.8) is 0 Å². The van der Waals surface area contributed by atoms with Crippen molar-refractivity contribution in [2.24, 2.45) is 11.7 Å². The van der Waals surface area contributed by atoms with E-state index in [1.165, 1.54) is 0 Å². The summed E-state index contributed by atoms with van der Waals surface area (Å²) < 4.78 is 26.4. The first-order valence-corrected chi connectivity index (χ1v) is 7.69. The number of nitrogens with two attached hydrogens (primary N) is 1. The lowest BCUT2D eigenvalue weighted by atomic mass is 10.1. The smallest absolute Gasteiger partial charge is 0.212 e. The maximum Gasteiger partial charge on any atom is 0.212 e. The van der Waals surface area contributed by atoms with Crippen LogP contribution < -0.4 is 10.5 Å². The van der Waals surface area contributed by atoms with Gasteiger partial charge in [-0.1, -0.05) is 13.8 Å². The van der Waals surface area contributed by atoms with Crippen molar-refractivity contribution < 1.29 is 8.42 Å². The van der Waals surface area contributed by atoms with Crippen LogP contribution in [-0.4, -0.2) is 31.7 Å². The van der Waals surface area contributed by atoms with E-state index in [0.717, 1.165) is 5.56 Å². The van der Waals surface area contributed by atoms with Crippen molar-refractivity contribution in [3.8, 4) is 0 Å². The van der Waals surface area contributed by atoms with E-state index in [9.17, 15) is 8.42 Å². The Bertz CT molecular complexity index is 446. The molecule has 1 heterocycles. The maximum absolute atomic E-state index is 11.9. The summed E-state index contributed by atoms with van der Waals surface area (Å²) in [6, 6.07) is 3.43. The van der Waals surface area contributed by atoms with E-state index in [2.05, 4.69) is 9.71 Å². The van der Waals surface area contributed by atoms with Crippen LogP contribution in [0, 0.1) is 5.92 Å². The first-order chi connectivity index (χ1) is 8.44. The van der Waals surface area contributed by atoms with E-state index in [1.807, 2.05) is 26.0 Å². The third kappa shape index (κ3) is 5.12. The van der Waals surface area contributed by atoms with Gasteiger partial charge in [-0.15, -0.1) is 0 Å². The summed E-state index contributed by atoms with van der Waals surface area (Å²) in [6.45, 7) is 4.21. The summed E-state index contributed by atoms with van der Waals surface area (Å²) in [7, 11) is -3.29. The molecule has 6 heteroatoms. The summed E-state index contributed by atoms with van der Waals surface area (Å²) in [5.41, 5.74) is 6.52. The molecule has 102 valence electrons. The molecule has 5 nitrogen and oxygen atoms in total. The highest BCUT2D eigenvalue weighted by Crippen LogP contribution is 2.04. The van der Waals surface area contributed by atoms with Gasteiger partial charge in [0.05, 0.1) is 5.75 Å². The van der Waals surface area contributed by atoms with Crippen LogP contribution in [0.25, 0.3) is 0 Å². The van der Waals surface area contributed by atoms with Crippen molar-refractivity contribution in [2.45, 2.75) is 26.3 Å². The SMILES string of the molecule is CC(C)C(CN)NS(=O)(=O)CCc1ccncc1. The van der Waals surface area contributed by atoms with Crippen LogP contribution >= 0.6 is 0 Å². The summed E-state index contributed by atoms with van der Waals surface area (Å²) in [5.74, 6) is 0.256. The Labute approximate surface area is 109 Å². The van der Waals surface area contributed by atoms with Crippen LogP contribution in [0.2, 0.25) is 0 Å². The Morgan fingerprint density at radius 3 is 2.44 bits per heavy atom. The quantitative estimate of drug-likeness (QED) is 0.757. The van der Waals surface area contributed by atoms with Crippen LogP contribution in [-0.2, 0) is 16.4 Å². The zero-order valence-electron chi connectivity index (χ0n) is 10.8. The number of aryl methyl sites for hydroxylation is 1. The van der Waals surface area contributed by atoms with Gasteiger partial charge < -0.3 is 5.73 Å². The van der Waals surface area contributed by atoms with E-state index in [1.54, 1.807) is 12.4 Å². The fourth-order valence-corrected chi connectivity index (χ4v) is 3.00. The highest BCUT2D eigenvalue weighted by Gasteiger charge is 2.19. The lowest BCUT2D eigenvalue weighted by molar-refractivity contribution is 0.454. The van der Waals surface area contributed by atoms with Crippen LogP contribution in [0.5, 0.6) is 0 Å². The van der Waals surface area contributed by atoms with Gasteiger partial charge in [-0.25, -0.2) is 13.1 Å². The average molecular weight is 271 g/mol. The van der Waals surface area contributed by atoms with Gasteiger partial charge in [-0.05, 0) is 30.0 Å². The van der Waals surface area contributed by atoms with Gasteiger partial charge in [0.15, 0.2) is 0 Å². The minimum atomic E-state index is -3.29. The molecular weight excluding hydrogens is 250 g/mol. The number of nitrogens with one attached hydrogen (secondary N) is 1. The normalized spacial score (nSPS) is 13.8. The zero-order valence-corrected chi connectivity index (χ0v) is 11.7. The molecule has 1 aromatic rings. The largest absolute Gasteiger partial charge is 0.329 e. The molecule has 0 radical (unpaired) electrons. The van der Waals surface area contributed by atoms with Crippen molar-refractivity contribution in [1.82, 2.24) is 9.71 Å². The van der Waals surface area contributed by atoms with Gasteiger partial charge in [-0.2, -0.15) is 0 Å². The second-order valence-corrected chi connectivity index (χ2v) is 6.50. The molecule has 3 N–H and O–H groups in total. The predicted molar refractivity (Wildman–Crippen MR) is 72.5 cm³/mol. The molecule has 0 saturated heterocycles. The molecule has 0 saturated carbocycles. The number of aromatic nitrogens is 1. The van der Waals surface area contributed by atoms with Crippen molar-refractivity contribution >= 4 is 10.0 Å². The highest BCUT2D eigenvalue weighted by atomic mass is 32.2. The molecule has 1 aromatic heterocycles. The minimum absolute atomic E-state index is 0.0697. The highest BCUT2D eigenvalue weighted by molar-refractivity contribution is 7.89. The molecule has 1 unspecified atom stereocenters. The number of nitrogens with zero attached hydrogens (tertiary/aromatic N) is 1. The molecular formula is C12H21N3O2S. The van der Waals surface area contributed by atoms with Gasteiger partial charge in [0, 0.05) is 25.0 Å². The van der Waals surface area contributed by atoms with E-state index >= 15 is 0 Å². The van der Waals surface area contributed by atoms with E-state index in [0.29, 0.717) is 13.0 Å². The molecule has 1 rings (SSSR count). The lowest BCUT2D eigenvalue weighted by Crippen LogP contribution is -2.44. The maximum atomic E-state index is 11.9. The lowest BCUT2D eigenvalue weighted by Gasteiger charge is -2.20. The Balaban J connectivity index is 2.55. The minimum Gasteiger partial charge on any atom is -0.329 e. The topological polar surface area (TPSA) is 85.1 Å². The molecule has 0 bridgehead atoms. The molecule has 0 aromatic carbocycles. The Hall–Kier alpha value is -0.980. The summed E-state index contributed by atoms with van der Waals surface area (Å²) in [4.78, 5) is 3.89. The monoisotopic (exact) mass is 271 g/mol. The van der Waals surface area contributed by atoms with Crippen molar-refractivity contribution in [3.05, 3.63) is 30.1 Å². The fourth-order valence-electron chi connectivity index (χ4n) is 1.55. The third-order valence-corrected chi connectivity index (χ3v) is 4.20. The fraction of sp³-hybridized carbons (Fsp3) is 0.583. The number of pyridine rings is 1. The number of rotatable bonds is 7. The molecule has 0 aliphatic heterocycles. The average Bonchev–Trinajstić information content (AvgIpc) is 2.35. The van der Waals surface area contributed by atoms with Crippen LogP contribution in [0.4, 0.5) is 0 Å². The molecule has 0 spiro atoms. The van der Waals surface area contributed by atoms with Crippen molar-refractivity contribution in [2.75, 3.05) is 12.3 Å².